The number of amides is 1. The van der Waals surface area contributed by atoms with Crippen LogP contribution in [0, 0.1) is 0 Å². The van der Waals surface area contributed by atoms with Crippen LogP contribution in [0.3, 0.4) is 0 Å². The molecule has 29 heavy (non-hydrogen) atoms. The van der Waals surface area contributed by atoms with E-state index in [4.69, 9.17) is 4.74 Å². The Morgan fingerprint density at radius 2 is 1.86 bits per heavy atom. The van der Waals surface area contributed by atoms with Gasteiger partial charge in [0.15, 0.2) is 0 Å². The van der Waals surface area contributed by atoms with E-state index in [0.29, 0.717) is 39.3 Å². The summed E-state index contributed by atoms with van der Waals surface area (Å²) in [6, 6.07) is 15.9. The molecule has 1 saturated heterocycles. The van der Waals surface area contributed by atoms with Crippen LogP contribution in [0.25, 0.3) is 0 Å². The highest BCUT2D eigenvalue weighted by molar-refractivity contribution is 5.78. The fourth-order valence-electron chi connectivity index (χ4n) is 3.54. The van der Waals surface area contributed by atoms with Gasteiger partial charge < -0.3 is 9.64 Å². The number of nitrogens with zero attached hydrogens (tertiary/aromatic N) is 4. The van der Waals surface area contributed by atoms with Crippen molar-refractivity contribution in [1.82, 2.24) is 25.0 Å². The van der Waals surface area contributed by atoms with Gasteiger partial charge in [-0.25, -0.2) is 0 Å². The number of nitrogens with one attached hydrogen (secondary N) is 1. The van der Waals surface area contributed by atoms with E-state index < -0.39 is 0 Å². The van der Waals surface area contributed by atoms with Crippen molar-refractivity contribution in [2.45, 2.75) is 25.8 Å². The fourth-order valence-corrected chi connectivity index (χ4v) is 3.54. The Bertz CT molecular complexity index is 886. The van der Waals surface area contributed by atoms with Crippen LogP contribution in [0.15, 0.2) is 67.1 Å². The fraction of sp³-hybridized carbons (Fsp3) is 0.318. The van der Waals surface area contributed by atoms with E-state index in [2.05, 4.69) is 32.2 Å². The van der Waals surface area contributed by atoms with E-state index >= 15 is 0 Å². The smallest absolute Gasteiger partial charge is 0.237 e. The summed E-state index contributed by atoms with van der Waals surface area (Å²) in [5.74, 6) is 0.0965. The number of aromatic nitrogens is 3. The summed E-state index contributed by atoms with van der Waals surface area (Å²) in [7, 11) is 0. The molecule has 7 nitrogen and oxygen atoms in total. The van der Waals surface area contributed by atoms with Crippen molar-refractivity contribution in [1.29, 1.82) is 0 Å². The Labute approximate surface area is 170 Å². The topological polar surface area (TPSA) is 74.3 Å². The highest BCUT2D eigenvalue weighted by Crippen LogP contribution is 2.15. The third-order valence-electron chi connectivity index (χ3n) is 4.97. The summed E-state index contributed by atoms with van der Waals surface area (Å²) in [5.41, 5.74) is 3.13. The minimum Gasteiger partial charge on any atom is -0.370 e. The quantitative estimate of drug-likeness (QED) is 0.669. The summed E-state index contributed by atoms with van der Waals surface area (Å²) >= 11 is 0. The van der Waals surface area contributed by atoms with Crippen LogP contribution in [0.4, 0.5) is 0 Å². The maximum Gasteiger partial charge on any atom is 0.237 e. The van der Waals surface area contributed by atoms with Gasteiger partial charge >= 0.3 is 0 Å². The summed E-state index contributed by atoms with van der Waals surface area (Å²) in [5, 5.41) is 6.99. The molecule has 0 radical (unpaired) electrons. The van der Waals surface area contributed by atoms with Gasteiger partial charge in [-0.1, -0.05) is 36.4 Å². The molecule has 1 aliphatic heterocycles. The molecular formula is C22H25N5O2. The lowest BCUT2D eigenvalue weighted by molar-refractivity contribution is -0.132. The van der Waals surface area contributed by atoms with Crippen molar-refractivity contribution in [3.8, 4) is 0 Å². The van der Waals surface area contributed by atoms with Crippen molar-refractivity contribution in [3.63, 3.8) is 0 Å². The average molecular weight is 391 g/mol. The number of carbonyl (C=O) groups is 1. The highest BCUT2D eigenvalue weighted by Gasteiger charge is 2.28. The first-order valence-electron chi connectivity index (χ1n) is 9.79. The van der Waals surface area contributed by atoms with Crippen LogP contribution >= 0.6 is 0 Å². The Morgan fingerprint density at radius 3 is 2.62 bits per heavy atom. The summed E-state index contributed by atoms with van der Waals surface area (Å²) < 4.78 is 6.24. The number of hydrogen-bond acceptors (Lipinski definition) is 5. The molecule has 0 aliphatic carbocycles. The van der Waals surface area contributed by atoms with Gasteiger partial charge in [0.05, 0.1) is 19.3 Å². The Hall–Kier alpha value is -3.03. The number of pyridine rings is 1. The zero-order chi connectivity index (χ0) is 19.9. The number of ether oxygens (including phenoxy) is 1. The van der Waals surface area contributed by atoms with Crippen molar-refractivity contribution < 1.29 is 9.53 Å². The predicted octanol–water partition coefficient (Wildman–Crippen LogP) is 2.23. The number of rotatable bonds is 7. The van der Waals surface area contributed by atoms with E-state index in [1.165, 1.54) is 0 Å². The number of carbonyl (C=O) groups excluding carboxylic acids is 1. The molecule has 1 amide bonds. The summed E-state index contributed by atoms with van der Waals surface area (Å²) in [6.45, 7) is 3.29. The first-order valence-corrected chi connectivity index (χ1v) is 9.79. The van der Waals surface area contributed by atoms with Gasteiger partial charge in [-0.2, -0.15) is 5.10 Å². The Morgan fingerprint density at radius 1 is 1.00 bits per heavy atom. The second kappa shape index (κ2) is 9.45. The molecular weight excluding hydrogens is 366 g/mol. The van der Waals surface area contributed by atoms with Crippen molar-refractivity contribution in [2.75, 3.05) is 19.6 Å². The second-order valence-corrected chi connectivity index (χ2v) is 7.31. The molecule has 4 rings (SSSR count). The van der Waals surface area contributed by atoms with Gasteiger partial charge in [-0.3, -0.25) is 19.8 Å². The normalized spacial score (nSPS) is 18.0. The monoisotopic (exact) mass is 391 g/mol. The molecule has 3 aromatic rings. The summed E-state index contributed by atoms with van der Waals surface area (Å²) in [4.78, 5) is 21.1. The van der Waals surface area contributed by atoms with Crippen LogP contribution in [0.2, 0.25) is 0 Å². The van der Waals surface area contributed by atoms with E-state index in [9.17, 15) is 4.79 Å². The lowest BCUT2D eigenvalue weighted by Gasteiger charge is -2.25. The molecule has 150 valence electrons. The maximum absolute atomic E-state index is 13.0. The number of hydrogen-bond donors (Lipinski definition) is 1. The summed E-state index contributed by atoms with van der Waals surface area (Å²) in [6.07, 6.45) is 5.19. The number of aromatic amines is 1. The van der Waals surface area contributed by atoms with Crippen molar-refractivity contribution in [2.24, 2.45) is 0 Å². The van der Waals surface area contributed by atoms with Gasteiger partial charge in [-0.15, -0.1) is 0 Å². The van der Waals surface area contributed by atoms with Crippen molar-refractivity contribution in [3.05, 3.63) is 83.9 Å². The van der Waals surface area contributed by atoms with Gasteiger partial charge in [0.2, 0.25) is 5.91 Å². The molecule has 7 heteroatoms. The minimum absolute atomic E-state index is 0.0822. The second-order valence-electron chi connectivity index (χ2n) is 7.31. The first kappa shape index (κ1) is 19.3. The number of benzene rings is 1. The SMILES string of the molecule is O=C1CN(Cc2ccn[nH]2)C[C@H](OCc2ccccc2)CN1Cc1cccnc1. The predicted molar refractivity (Wildman–Crippen MR) is 109 cm³/mol. The Kier molecular flexibility index (Phi) is 6.29. The van der Waals surface area contributed by atoms with Crippen LogP contribution in [-0.2, 0) is 29.2 Å². The van der Waals surface area contributed by atoms with E-state index in [1.54, 1.807) is 18.6 Å². The number of H-pyrrole nitrogens is 1. The molecule has 1 aliphatic rings. The molecule has 3 heterocycles. The maximum atomic E-state index is 13.0. The van der Waals surface area contributed by atoms with Crippen LogP contribution in [-0.4, -0.2) is 56.6 Å². The first-order chi connectivity index (χ1) is 14.3. The van der Waals surface area contributed by atoms with Crippen LogP contribution < -0.4 is 0 Å². The Balaban J connectivity index is 1.47. The van der Waals surface area contributed by atoms with E-state index in [1.807, 2.05) is 41.3 Å². The molecule has 0 saturated carbocycles. The molecule has 0 bridgehead atoms. The standard InChI is InChI=1S/C22H25N5O2/c28-22-16-26(13-20-8-10-24-25-20)14-21(29-17-18-5-2-1-3-6-18)15-27(22)12-19-7-4-9-23-11-19/h1-11,21H,12-17H2,(H,24,25)/t21-/m0/s1. The van der Waals surface area contributed by atoms with E-state index in [0.717, 1.165) is 16.8 Å². The van der Waals surface area contributed by atoms with Crippen LogP contribution in [0.1, 0.15) is 16.8 Å². The van der Waals surface area contributed by atoms with Gasteiger partial charge in [0, 0.05) is 50.5 Å². The molecule has 1 N–H and O–H groups in total. The van der Waals surface area contributed by atoms with Gasteiger partial charge in [0.1, 0.15) is 0 Å². The highest BCUT2D eigenvalue weighted by atomic mass is 16.5. The molecule has 2 aromatic heterocycles. The van der Waals surface area contributed by atoms with Gasteiger partial charge in [-0.05, 0) is 23.3 Å². The average Bonchev–Trinajstić information content (AvgIpc) is 3.20. The van der Waals surface area contributed by atoms with Crippen molar-refractivity contribution >= 4 is 5.91 Å². The molecule has 0 unspecified atom stereocenters. The van der Waals surface area contributed by atoms with Crippen LogP contribution in [0.5, 0.6) is 0 Å². The third kappa shape index (κ3) is 5.49. The lowest BCUT2D eigenvalue weighted by atomic mass is 10.2. The largest absolute Gasteiger partial charge is 0.370 e. The molecule has 1 aromatic carbocycles. The molecule has 1 fully saturated rings. The third-order valence-corrected chi connectivity index (χ3v) is 4.97. The van der Waals surface area contributed by atoms with Gasteiger partial charge in [0.25, 0.3) is 0 Å². The minimum atomic E-state index is -0.0822. The lowest BCUT2D eigenvalue weighted by Crippen LogP contribution is -2.37. The van der Waals surface area contributed by atoms with E-state index in [-0.39, 0.29) is 12.0 Å². The zero-order valence-corrected chi connectivity index (χ0v) is 16.3. The molecule has 0 spiro atoms. The molecule has 1 atom stereocenters. The zero-order valence-electron chi connectivity index (χ0n) is 16.3.